The lowest BCUT2D eigenvalue weighted by atomic mass is 9.89. The van der Waals surface area contributed by atoms with E-state index in [1.165, 1.54) is 62.6 Å². The monoisotopic (exact) mass is 488 g/mol. The Labute approximate surface area is 216 Å². The Balaban J connectivity index is 1.34. The minimum Gasteiger partial charge on any atom is -0.486 e. The van der Waals surface area contributed by atoms with Gasteiger partial charge in [-0.2, -0.15) is 0 Å². The second-order valence-corrected chi connectivity index (χ2v) is 10.7. The van der Waals surface area contributed by atoms with Crippen LogP contribution in [0.1, 0.15) is 67.8 Å². The summed E-state index contributed by atoms with van der Waals surface area (Å²) in [5.41, 5.74) is 3.02. The zero-order valence-electron chi connectivity index (χ0n) is 21.7. The third-order valence-corrected chi connectivity index (χ3v) is 7.88. The van der Waals surface area contributed by atoms with Crippen LogP contribution in [-0.2, 0) is 0 Å². The summed E-state index contributed by atoms with van der Waals surface area (Å²) in [6, 6.07) is 16.4. The van der Waals surface area contributed by atoms with Crippen molar-refractivity contribution in [3.8, 4) is 11.5 Å². The van der Waals surface area contributed by atoms with Gasteiger partial charge in [-0.1, -0.05) is 61.2 Å². The predicted octanol–water partition coefficient (Wildman–Crippen LogP) is 6.05. The van der Waals surface area contributed by atoms with E-state index in [1.54, 1.807) is 0 Å². The van der Waals surface area contributed by atoms with Gasteiger partial charge in [-0.05, 0) is 68.8 Å². The Morgan fingerprint density at radius 1 is 0.972 bits per heavy atom. The first-order chi connectivity index (χ1) is 17.7. The van der Waals surface area contributed by atoms with Gasteiger partial charge in [-0.3, -0.25) is 9.69 Å². The van der Waals surface area contributed by atoms with Gasteiger partial charge < -0.3 is 14.4 Å². The van der Waals surface area contributed by atoms with Crippen molar-refractivity contribution in [2.75, 3.05) is 39.4 Å². The van der Waals surface area contributed by atoms with Gasteiger partial charge in [0, 0.05) is 31.2 Å². The van der Waals surface area contributed by atoms with Crippen molar-refractivity contribution in [2.24, 2.45) is 5.92 Å². The van der Waals surface area contributed by atoms with E-state index >= 15 is 0 Å². The van der Waals surface area contributed by atoms with Crippen LogP contribution in [0.2, 0.25) is 0 Å². The lowest BCUT2D eigenvalue weighted by Gasteiger charge is -2.34. The van der Waals surface area contributed by atoms with E-state index in [2.05, 4.69) is 47.1 Å². The Bertz CT molecular complexity index is 1050. The fourth-order valence-corrected chi connectivity index (χ4v) is 6.06. The normalized spacial score (nSPS) is 20.9. The number of ether oxygens (including phenoxy) is 2. The van der Waals surface area contributed by atoms with Crippen LogP contribution in [0.4, 0.5) is 0 Å². The van der Waals surface area contributed by atoms with Crippen molar-refractivity contribution in [3.05, 3.63) is 65.2 Å². The van der Waals surface area contributed by atoms with Gasteiger partial charge in [-0.15, -0.1) is 0 Å². The lowest BCUT2D eigenvalue weighted by Crippen LogP contribution is -2.45. The maximum absolute atomic E-state index is 13.9. The summed E-state index contributed by atoms with van der Waals surface area (Å²) in [6.07, 6.45) is 11.5. The smallest absolute Gasteiger partial charge is 0.254 e. The van der Waals surface area contributed by atoms with Crippen molar-refractivity contribution in [3.63, 3.8) is 0 Å². The van der Waals surface area contributed by atoms with Crippen LogP contribution in [0.15, 0.2) is 54.1 Å². The minimum atomic E-state index is 0.0669. The lowest BCUT2D eigenvalue weighted by molar-refractivity contribution is 0.0709. The SMILES string of the molecule is C/C(=C\c1ccccc1)CN(CC1CCCN1CC1CCCCC1)C(=O)c1ccc2c(c1)OCCO2. The first kappa shape index (κ1) is 24.9. The largest absolute Gasteiger partial charge is 0.486 e. The molecule has 2 fully saturated rings. The summed E-state index contributed by atoms with van der Waals surface area (Å²) >= 11 is 0. The molecular weight excluding hydrogens is 448 g/mol. The van der Waals surface area contributed by atoms with E-state index in [4.69, 9.17) is 9.47 Å². The van der Waals surface area contributed by atoms with Gasteiger partial charge in [0.05, 0.1) is 0 Å². The number of hydrogen-bond donors (Lipinski definition) is 0. The number of hydrogen-bond acceptors (Lipinski definition) is 4. The third kappa shape index (κ3) is 6.31. The van der Waals surface area contributed by atoms with Gasteiger partial charge in [0.1, 0.15) is 13.2 Å². The average molecular weight is 489 g/mol. The molecule has 2 heterocycles. The zero-order valence-corrected chi connectivity index (χ0v) is 21.7. The molecular formula is C31H40N2O3. The molecule has 1 aliphatic carbocycles. The highest BCUT2D eigenvalue weighted by atomic mass is 16.6. The van der Waals surface area contributed by atoms with Crippen LogP contribution >= 0.6 is 0 Å². The van der Waals surface area contributed by atoms with E-state index in [0.29, 0.717) is 37.1 Å². The number of rotatable bonds is 8. The van der Waals surface area contributed by atoms with Crippen LogP contribution in [-0.4, -0.2) is 61.1 Å². The van der Waals surface area contributed by atoms with Crippen LogP contribution in [0.25, 0.3) is 6.08 Å². The molecule has 0 N–H and O–H groups in total. The Morgan fingerprint density at radius 2 is 1.75 bits per heavy atom. The van der Waals surface area contributed by atoms with Crippen molar-refractivity contribution in [1.82, 2.24) is 9.80 Å². The average Bonchev–Trinajstić information content (AvgIpc) is 3.35. The summed E-state index contributed by atoms with van der Waals surface area (Å²) in [5.74, 6) is 2.28. The molecule has 1 saturated heterocycles. The molecule has 0 radical (unpaired) electrons. The Kier molecular flexibility index (Phi) is 8.27. The van der Waals surface area contributed by atoms with Crippen molar-refractivity contribution >= 4 is 12.0 Å². The first-order valence-corrected chi connectivity index (χ1v) is 13.8. The molecule has 1 amide bonds. The number of amides is 1. The third-order valence-electron chi connectivity index (χ3n) is 7.88. The number of carbonyl (C=O) groups excluding carboxylic acids is 1. The molecule has 2 aliphatic heterocycles. The molecule has 0 bridgehead atoms. The standard InChI is InChI=1S/C31H40N2O3/c1-24(19-25-9-4-2-5-10-25)21-33(31(34)27-14-15-29-30(20-27)36-18-17-35-29)23-28-13-8-16-32(28)22-26-11-6-3-7-12-26/h2,4-5,9-10,14-15,19-20,26,28H,3,6-8,11-13,16-18,21-23H2,1H3/b24-19+. The maximum Gasteiger partial charge on any atom is 0.254 e. The Morgan fingerprint density at radius 3 is 2.56 bits per heavy atom. The molecule has 2 aromatic carbocycles. The van der Waals surface area contributed by atoms with Crippen LogP contribution in [0, 0.1) is 5.92 Å². The number of nitrogens with zero attached hydrogens (tertiary/aromatic N) is 2. The number of likely N-dealkylation sites (tertiary alicyclic amines) is 1. The molecule has 1 unspecified atom stereocenters. The number of fused-ring (bicyclic) bond motifs is 1. The van der Waals surface area contributed by atoms with Gasteiger partial charge >= 0.3 is 0 Å². The molecule has 1 saturated carbocycles. The quantitative estimate of drug-likeness (QED) is 0.454. The zero-order chi connectivity index (χ0) is 24.7. The fraction of sp³-hybridized carbons (Fsp3) is 0.516. The Hall–Kier alpha value is -2.79. The summed E-state index contributed by atoms with van der Waals surface area (Å²) in [7, 11) is 0. The summed E-state index contributed by atoms with van der Waals surface area (Å²) in [5, 5.41) is 0. The molecule has 3 aliphatic rings. The van der Waals surface area contributed by atoms with Crippen LogP contribution in [0.3, 0.4) is 0 Å². The van der Waals surface area contributed by atoms with E-state index in [1.807, 2.05) is 24.3 Å². The van der Waals surface area contributed by atoms with E-state index < -0.39 is 0 Å². The molecule has 5 nitrogen and oxygen atoms in total. The van der Waals surface area contributed by atoms with Crippen molar-refractivity contribution < 1.29 is 14.3 Å². The van der Waals surface area contributed by atoms with Crippen molar-refractivity contribution in [2.45, 2.75) is 57.9 Å². The van der Waals surface area contributed by atoms with Gasteiger partial charge in [-0.25, -0.2) is 0 Å². The summed E-state index contributed by atoms with van der Waals surface area (Å²) in [6.45, 7) is 6.93. The molecule has 5 rings (SSSR count). The minimum absolute atomic E-state index is 0.0669. The molecule has 192 valence electrons. The maximum atomic E-state index is 13.9. The highest BCUT2D eigenvalue weighted by molar-refractivity contribution is 5.95. The number of carbonyl (C=O) groups is 1. The molecule has 36 heavy (non-hydrogen) atoms. The molecule has 2 aromatic rings. The molecule has 0 spiro atoms. The summed E-state index contributed by atoms with van der Waals surface area (Å²) < 4.78 is 11.5. The van der Waals surface area contributed by atoms with Crippen LogP contribution < -0.4 is 9.47 Å². The predicted molar refractivity (Wildman–Crippen MR) is 145 cm³/mol. The van der Waals surface area contributed by atoms with E-state index in [9.17, 15) is 4.79 Å². The van der Waals surface area contributed by atoms with E-state index in [-0.39, 0.29) is 5.91 Å². The highest BCUT2D eigenvalue weighted by Crippen LogP contribution is 2.32. The number of benzene rings is 2. The summed E-state index contributed by atoms with van der Waals surface area (Å²) in [4.78, 5) is 18.6. The van der Waals surface area contributed by atoms with Crippen molar-refractivity contribution in [1.29, 1.82) is 0 Å². The first-order valence-electron chi connectivity index (χ1n) is 13.8. The van der Waals surface area contributed by atoms with Gasteiger partial charge in [0.25, 0.3) is 5.91 Å². The van der Waals surface area contributed by atoms with Crippen LogP contribution in [0.5, 0.6) is 11.5 Å². The molecule has 1 atom stereocenters. The van der Waals surface area contributed by atoms with Gasteiger partial charge in [0.2, 0.25) is 0 Å². The highest BCUT2D eigenvalue weighted by Gasteiger charge is 2.31. The van der Waals surface area contributed by atoms with Gasteiger partial charge in [0.15, 0.2) is 11.5 Å². The fourth-order valence-electron chi connectivity index (χ4n) is 6.06. The molecule has 0 aromatic heterocycles. The second-order valence-electron chi connectivity index (χ2n) is 10.7. The second kappa shape index (κ2) is 12.0. The topological polar surface area (TPSA) is 42.0 Å². The molecule has 5 heteroatoms. The van der Waals surface area contributed by atoms with E-state index in [0.717, 1.165) is 24.8 Å².